The van der Waals surface area contributed by atoms with Gasteiger partial charge < -0.3 is 21.5 Å². The number of halogens is 1. The van der Waals surface area contributed by atoms with Crippen molar-refractivity contribution in [2.75, 3.05) is 11.9 Å². The summed E-state index contributed by atoms with van der Waals surface area (Å²) in [6.45, 7) is 2.39. The molecular weight excluding hydrogens is 449 g/mol. The third kappa shape index (κ3) is 5.58. The monoisotopic (exact) mass is 479 g/mol. The largest absolute Gasteiger partial charge is 0.387 e. The van der Waals surface area contributed by atoms with Crippen molar-refractivity contribution in [1.82, 2.24) is 19.9 Å². The van der Waals surface area contributed by atoms with Crippen LogP contribution in [0.4, 0.5) is 10.1 Å². The van der Waals surface area contributed by atoms with Crippen molar-refractivity contribution in [2.24, 2.45) is 5.73 Å². The fourth-order valence-corrected chi connectivity index (χ4v) is 4.16. The summed E-state index contributed by atoms with van der Waals surface area (Å²) in [5, 5.41) is 29.3. The number of hydrogen-bond donors (Lipinski definition) is 4. The molecule has 4 rings (SSSR count). The van der Waals surface area contributed by atoms with Crippen LogP contribution in [-0.4, -0.2) is 56.0 Å². The summed E-state index contributed by atoms with van der Waals surface area (Å²) < 4.78 is 15.9. The van der Waals surface area contributed by atoms with E-state index in [4.69, 9.17) is 11.0 Å². The number of hydrogen-bond acceptors (Lipinski definition) is 7. The second-order valence-electron chi connectivity index (χ2n) is 9.61. The molecule has 5 N–H and O–H groups in total. The summed E-state index contributed by atoms with van der Waals surface area (Å²) in [6.07, 6.45) is 4.85. The zero-order valence-corrected chi connectivity index (χ0v) is 19.8. The average Bonchev–Trinajstić information content (AvgIpc) is 3.26. The number of nitrogens with one attached hydrogen (secondary N) is 2. The Balaban J connectivity index is 1.65. The third-order valence-electron chi connectivity index (χ3n) is 6.38. The number of nitrogens with zero attached hydrogens (tertiary/aromatic N) is 4. The van der Waals surface area contributed by atoms with Gasteiger partial charge in [0.25, 0.3) is 5.91 Å². The summed E-state index contributed by atoms with van der Waals surface area (Å²) >= 11 is 0. The number of nitriles is 1. The van der Waals surface area contributed by atoms with Gasteiger partial charge in [-0.3, -0.25) is 9.78 Å². The summed E-state index contributed by atoms with van der Waals surface area (Å²) in [7, 11) is 0. The van der Waals surface area contributed by atoms with E-state index < -0.39 is 17.7 Å². The van der Waals surface area contributed by atoms with Crippen LogP contribution in [0, 0.1) is 11.3 Å². The van der Waals surface area contributed by atoms with Gasteiger partial charge in [0.15, 0.2) is 0 Å². The van der Waals surface area contributed by atoms with Crippen molar-refractivity contribution in [2.45, 2.75) is 63.4 Å². The van der Waals surface area contributed by atoms with Crippen LogP contribution in [0.3, 0.4) is 0 Å². The maximum absolute atomic E-state index is 14.2. The van der Waals surface area contributed by atoms with Gasteiger partial charge in [-0.1, -0.05) is 0 Å². The number of aromatic nitrogens is 3. The van der Waals surface area contributed by atoms with E-state index in [1.54, 1.807) is 16.6 Å². The molecule has 0 aliphatic heterocycles. The highest BCUT2D eigenvalue weighted by Crippen LogP contribution is 2.28. The van der Waals surface area contributed by atoms with E-state index >= 15 is 0 Å². The van der Waals surface area contributed by atoms with Gasteiger partial charge in [0, 0.05) is 18.3 Å². The van der Waals surface area contributed by atoms with E-state index in [1.807, 2.05) is 12.1 Å². The van der Waals surface area contributed by atoms with Crippen LogP contribution in [-0.2, 0) is 0 Å². The molecule has 3 aromatic heterocycles. The Morgan fingerprint density at radius 1 is 1.31 bits per heavy atom. The number of nitrogens with two attached hydrogens (primary N) is 1. The van der Waals surface area contributed by atoms with Crippen molar-refractivity contribution < 1.29 is 14.3 Å². The number of aliphatic hydroxyl groups is 1. The minimum Gasteiger partial charge on any atom is -0.387 e. The van der Waals surface area contributed by atoms with Crippen LogP contribution in [0.1, 0.15) is 55.5 Å². The van der Waals surface area contributed by atoms with Gasteiger partial charge in [-0.2, -0.15) is 10.4 Å². The first-order valence-corrected chi connectivity index (χ1v) is 11.7. The molecule has 0 radical (unpaired) electrons. The summed E-state index contributed by atoms with van der Waals surface area (Å²) in [6, 6.07) is 9.62. The summed E-state index contributed by atoms with van der Waals surface area (Å²) in [5.41, 5.74) is 7.85. The Bertz CT molecular complexity index is 1250. The number of carbonyl (C=O) groups is 1. The van der Waals surface area contributed by atoms with Gasteiger partial charge in [-0.15, -0.1) is 0 Å². The molecule has 3 heterocycles. The third-order valence-corrected chi connectivity index (χ3v) is 6.38. The standard InChI is InChI=1S/C25H30FN7O2/c1-25(2,35)23(26)14-30-24(34)19-13-29-21(10-20(19)32-17-5-3-16(28)4-6-17)22-8-7-18-9-15(11-27)12-31-33(18)22/h7-10,12-13,16-17,23,35H,3-6,14,28H2,1-2H3,(H,29,32)(H,30,34)/t16?,17?,23-/m1/s1. The van der Waals surface area contributed by atoms with Crippen LogP contribution < -0.4 is 16.4 Å². The zero-order chi connectivity index (χ0) is 25.2. The Morgan fingerprint density at radius 2 is 2.06 bits per heavy atom. The molecule has 0 saturated heterocycles. The molecule has 1 saturated carbocycles. The van der Waals surface area contributed by atoms with E-state index in [-0.39, 0.29) is 24.2 Å². The maximum atomic E-state index is 14.2. The second kappa shape index (κ2) is 9.98. The van der Waals surface area contributed by atoms with Gasteiger partial charge in [-0.25, -0.2) is 8.91 Å². The SMILES string of the molecule is CC(C)(O)[C@H](F)CNC(=O)c1cnc(-c2ccc3cc(C#N)cnn23)cc1NC1CCC(N)CC1. The van der Waals surface area contributed by atoms with Gasteiger partial charge >= 0.3 is 0 Å². The Hall–Kier alpha value is -3.55. The van der Waals surface area contributed by atoms with Gasteiger partial charge in [-0.05, 0) is 63.8 Å². The fourth-order valence-electron chi connectivity index (χ4n) is 4.16. The fraction of sp³-hybridized carbons (Fsp3) is 0.440. The molecule has 0 unspecified atom stereocenters. The predicted molar refractivity (Wildman–Crippen MR) is 131 cm³/mol. The van der Waals surface area contributed by atoms with Crippen LogP contribution in [0.2, 0.25) is 0 Å². The van der Waals surface area contributed by atoms with Crippen LogP contribution in [0.5, 0.6) is 0 Å². The molecule has 1 amide bonds. The number of carbonyl (C=O) groups excluding carboxylic acids is 1. The highest BCUT2D eigenvalue weighted by Gasteiger charge is 2.28. The van der Waals surface area contributed by atoms with Crippen LogP contribution >= 0.6 is 0 Å². The molecule has 1 fully saturated rings. The van der Waals surface area contributed by atoms with Gasteiger partial charge in [0.2, 0.25) is 0 Å². The zero-order valence-electron chi connectivity index (χ0n) is 19.8. The molecule has 1 aliphatic rings. The quantitative estimate of drug-likeness (QED) is 0.408. The first-order chi connectivity index (χ1) is 16.7. The lowest BCUT2D eigenvalue weighted by atomic mass is 9.91. The molecule has 1 atom stereocenters. The van der Waals surface area contributed by atoms with E-state index in [9.17, 15) is 14.3 Å². The number of amides is 1. The minimum absolute atomic E-state index is 0.141. The maximum Gasteiger partial charge on any atom is 0.255 e. The van der Waals surface area contributed by atoms with E-state index in [0.29, 0.717) is 22.6 Å². The first-order valence-electron chi connectivity index (χ1n) is 11.7. The number of alkyl halides is 1. The van der Waals surface area contributed by atoms with Crippen molar-refractivity contribution in [3.05, 3.63) is 47.8 Å². The van der Waals surface area contributed by atoms with Crippen LogP contribution in [0.25, 0.3) is 16.9 Å². The smallest absolute Gasteiger partial charge is 0.255 e. The van der Waals surface area contributed by atoms with Crippen LogP contribution in [0.15, 0.2) is 36.7 Å². The molecule has 184 valence electrons. The normalized spacial score (nSPS) is 19.2. The first kappa shape index (κ1) is 24.6. The summed E-state index contributed by atoms with van der Waals surface area (Å²) in [5.74, 6) is -0.484. The molecule has 10 heteroatoms. The van der Waals surface area contributed by atoms with Gasteiger partial charge in [0.1, 0.15) is 12.2 Å². The highest BCUT2D eigenvalue weighted by atomic mass is 19.1. The van der Waals surface area contributed by atoms with Crippen molar-refractivity contribution in [3.8, 4) is 17.5 Å². The van der Waals surface area contributed by atoms with Crippen molar-refractivity contribution >= 4 is 17.1 Å². The molecule has 35 heavy (non-hydrogen) atoms. The molecular formula is C25H30FN7O2. The second-order valence-corrected chi connectivity index (χ2v) is 9.61. The van der Waals surface area contributed by atoms with Crippen molar-refractivity contribution in [1.29, 1.82) is 5.26 Å². The lowest BCUT2D eigenvalue weighted by Crippen LogP contribution is -2.42. The lowest BCUT2D eigenvalue weighted by Gasteiger charge is -2.28. The lowest BCUT2D eigenvalue weighted by molar-refractivity contribution is -0.00177. The Labute approximate surface area is 203 Å². The molecule has 0 spiro atoms. The van der Waals surface area contributed by atoms with E-state index in [0.717, 1.165) is 31.2 Å². The number of rotatable bonds is 7. The minimum atomic E-state index is -1.62. The highest BCUT2D eigenvalue weighted by molar-refractivity contribution is 6.00. The number of anilines is 1. The molecule has 0 bridgehead atoms. The molecule has 0 aromatic carbocycles. The van der Waals surface area contributed by atoms with Crippen molar-refractivity contribution in [3.63, 3.8) is 0 Å². The Morgan fingerprint density at radius 3 is 2.74 bits per heavy atom. The topological polar surface area (TPSA) is 141 Å². The summed E-state index contributed by atoms with van der Waals surface area (Å²) in [4.78, 5) is 17.5. The number of pyridine rings is 1. The molecule has 9 nitrogen and oxygen atoms in total. The van der Waals surface area contributed by atoms with E-state index in [1.165, 1.54) is 26.2 Å². The van der Waals surface area contributed by atoms with Gasteiger partial charge in [0.05, 0.1) is 52.1 Å². The molecule has 1 aliphatic carbocycles. The van der Waals surface area contributed by atoms with E-state index in [2.05, 4.69) is 26.8 Å². The predicted octanol–water partition coefficient (Wildman–Crippen LogP) is 2.79. The average molecular weight is 480 g/mol. The number of fused-ring (bicyclic) bond motifs is 1. The molecule has 3 aromatic rings. The Kier molecular flexibility index (Phi) is 7.00.